The maximum absolute atomic E-state index is 13.0. The van der Waals surface area contributed by atoms with E-state index in [9.17, 15) is 6.17 Å². The zero-order valence-corrected chi connectivity index (χ0v) is 15.9. The fourth-order valence-corrected chi connectivity index (χ4v) is 3.49. The normalized spacial score (nSPS) is 19.2. The minimum atomic E-state index is -1.28. The van der Waals surface area contributed by atoms with E-state index in [2.05, 4.69) is 6.21 Å². The molecule has 1 aliphatic rings. The molecule has 0 bridgehead atoms. The van der Waals surface area contributed by atoms with Gasteiger partial charge in [0.05, 0.1) is 11.7 Å². The molecule has 1 heterocycles. The number of para-hydroxylation sites is 2. The molecule has 28 heavy (non-hydrogen) atoms. The van der Waals surface area contributed by atoms with E-state index in [0.717, 1.165) is 16.8 Å². The van der Waals surface area contributed by atoms with Crippen molar-refractivity contribution in [2.24, 2.45) is 0 Å². The van der Waals surface area contributed by atoms with E-state index in [1.165, 1.54) is 4.90 Å². The van der Waals surface area contributed by atoms with Gasteiger partial charge in [-0.25, -0.2) is 4.79 Å². The second-order valence-electron chi connectivity index (χ2n) is 6.71. The first-order chi connectivity index (χ1) is 14.0. The molecule has 3 aromatic carbocycles. The number of likely N-dealkylation sites (N-methyl/N-ethyl adjacent to an activating group) is 1. The molecular formula is C24H22N2O2. The van der Waals surface area contributed by atoms with Crippen molar-refractivity contribution in [3.8, 4) is 5.75 Å². The SMILES string of the molecule is [2H]C1(C(c2ccccc2)N(C)C(=O)Oc2ccccc2)[C-]=[N+](C)c2ccccc21. The van der Waals surface area contributed by atoms with Crippen LogP contribution in [0.1, 0.15) is 24.4 Å². The van der Waals surface area contributed by atoms with Gasteiger partial charge in [-0.2, -0.15) is 0 Å². The first-order valence-electron chi connectivity index (χ1n) is 9.66. The Balaban J connectivity index is 1.77. The Morgan fingerprint density at radius 1 is 1.04 bits per heavy atom. The monoisotopic (exact) mass is 371 g/mol. The van der Waals surface area contributed by atoms with Crippen LogP contribution in [0.25, 0.3) is 0 Å². The van der Waals surface area contributed by atoms with Crippen LogP contribution in [-0.4, -0.2) is 35.9 Å². The quantitative estimate of drug-likeness (QED) is 0.484. The number of carbonyl (C=O) groups is 1. The molecule has 2 unspecified atom stereocenters. The second kappa shape index (κ2) is 7.69. The minimum absolute atomic E-state index is 0.465. The van der Waals surface area contributed by atoms with Crippen molar-refractivity contribution in [3.05, 3.63) is 96.1 Å². The van der Waals surface area contributed by atoms with E-state index < -0.39 is 18.0 Å². The lowest BCUT2D eigenvalue weighted by Gasteiger charge is -2.33. The number of ether oxygens (including phenoxy) is 1. The van der Waals surface area contributed by atoms with Gasteiger partial charge in [0.15, 0.2) is 0 Å². The number of benzene rings is 3. The largest absolute Gasteiger partial charge is 0.415 e. The summed E-state index contributed by atoms with van der Waals surface area (Å²) in [4.78, 5) is 14.5. The summed E-state index contributed by atoms with van der Waals surface area (Å²) in [6.07, 6.45) is 2.72. The van der Waals surface area contributed by atoms with E-state index >= 15 is 0 Å². The first kappa shape index (κ1) is 16.8. The standard InChI is InChI=1S/C24H22N2O2/c1-25-17-21(20-15-9-10-16-22(20)25)23(18-11-5-3-6-12-18)26(2)24(27)28-19-13-7-4-8-14-19/h3-16,21,23H,1-2H3/i21D. The van der Waals surface area contributed by atoms with Crippen molar-refractivity contribution in [2.45, 2.75) is 11.9 Å². The third-order valence-corrected chi connectivity index (χ3v) is 4.86. The van der Waals surface area contributed by atoms with E-state index in [-0.39, 0.29) is 0 Å². The second-order valence-corrected chi connectivity index (χ2v) is 6.71. The predicted molar refractivity (Wildman–Crippen MR) is 109 cm³/mol. The molecule has 3 aromatic rings. The predicted octanol–water partition coefficient (Wildman–Crippen LogP) is 4.88. The fraction of sp³-hybridized carbons (Fsp3) is 0.167. The molecule has 4 rings (SSSR count). The van der Waals surface area contributed by atoms with Gasteiger partial charge in [0.1, 0.15) is 12.8 Å². The molecule has 1 amide bonds. The Morgan fingerprint density at radius 2 is 1.64 bits per heavy atom. The van der Waals surface area contributed by atoms with Crippen molar-refractivity contribution < 1.29 is 15.5 Å². The lowest BCUT2D eigenvalue weighted by atomic mass is 9.88. The zero-order chi connectivity index (χ0) is 20.4. The van der Waals surface area contributed by atoms with Crippen molar-refractivity contribution in [1.29, 1.82) is 0 Å². The van der Waals surface area contributed by atoms with Crippen LogP contribution in [0.5, 0.6) is 5.75 Å². The molecule has 0 spiro atoms. The zero-order valence-electron chi connectivity index (χ0n) is 16.9. The lowest BCUT2D eigenvalue weighted by Crippen LogP contribution is -2.37. The molecule has 140 valence electrons. The Morgan fingerprint density at radius 3 is 2.36 bits per heavy atom. The number of amides is 1. The summed E-state index contributed by atoms with van der Waals surface area (Å²) in [5, 5.41) is 0. The number of nitrogens with zero attached hydrogens (tertiary/aromatic N) is 2. The van der Waals surface area contributed by atoms with E-state index in [1.54, 1.807) is 19.2 Å². The van der Waals surface area contributed by atoms with Crippen LogP contribution in [0.3, 0.4) is 0 Å². The fourth-order valence-electron chi connectivity index (χ4n) is 3.49. The van der Waals surface area contributed by atoms with Gasteiger partial charge in [0.25, 0.3) is 0 Å². The molecule has 0 aliphatic carbocycles. The van der Waals surface area contributed by atoms with E-state index in [4.69, 9.17) is 4.74 Å². The highest BCUT2D eigenvalue weighted by atomic mass is 16.6. The smallest absolute Gasteiger partial charge is 0.410 e. The minimum Gasteiger partial charge on any atom is -0.410 e. The molecular weight excluding hydrogens is 348 g/mol. The molecule has 0 saturated heterocycles. The van der Waals surface area contributed by atoms with Crippen LogP contribution in [0.2, 0.25) is 0 Å². The van der Waals surface area contributed by atoms with E-state index in [0.29, 0.717) is 5.75 Å². The number of hydrogen-bond acceptors (Lipinski definition) is 2. The average Bonchev–Trinajstić information content (AvgIpc) is 3.00. The lowest BCUT2D eigenvalue weighted by molar-refractivity contribution is -0.396. The van der Waals surface area contributed by atoms with Gasteiger partial charge in [-0.3, -0.25) is 0 Å². The van der Waals surface area contributed by atoms with Crippen LogP contribution in [0.4, 0.5) is 10.5 Å². The van der Waals surface area contributed by atoms with Crippen LogP contribution < -0.4 is 4.74 Å². The molecule has 0 aromatic heterocycles. The Bertz CT molecular complexity index is 1050. The average molecular weight is 371 g/mol. The molecule has 4 heteroatoms. The summed E-state index contributed by atoms with van der Waals surface area (Å²) in [7, 11) is 3.54. The summed E-state index contributed by atoms with van der Waals surface area (Å²) >= 11 is 0. The summed E-state index contributed by atoms with van der Waals surface area (Å²) in [5.41, 5.74) is 2.55. The third-order valence-electron chi connectivity index (χ3n) is 4.86. The number of fused-ring (bicyclic) bond motifs is 1. The van der Waals surface area contributed by atoms with Crippen LogP contribution in [0.15, 0.2) is 84.9 Å². The highest BCUT2D eigenvalue weighted by Gasteiger charge is 2.33. The maximum Gasteiger partial charge on any atom is 0.415 e. The van der Waals surface area contributed by atoms with Gasteiger partial charge in [-0.05, 0) is 17.7 Å². The van der Waals surface area contributed by atoms with Gasteiger partial charge in [0.2, 0.25) is 0 Å². The van der Waals surface area contributed by atoms with Gasteiger partial charge in [-0.15, -0.1) is 0 Å². The summed E-state index contributed by atoms with van der Waals surface area (Å²) in [6, 6.07) is 25.7. The Labute approximate surface area is 166 Å². The number of carbonyl (C=O) groups excluding carboxylic acids is 1. The number of hydrogen-bond donors (Lipinski definition) is 0. The molecule has 0 saturated carbocycles. The van der Waals surface area contributed by atoms with Crippen LogP contribution in [0, 0.1) is 0 Å². The summed E-state index contributed by atoms with van der Waals surface area (Å²) in [5.74, 6) is -0.816. The summed E-state index contributed by atoms with van der Waals surface area (Å²) in [6.45, 7) is 0. The Hall–Kier alpha value is -3.40. The first-order valence-corrected chi connectivity index (χ1v) is 9.16. The van der Waals surface area contributed by atoms with E-state index in [1.807, 2.05) is 84.4 Å². The highest BCUT2D eigenvalue weighted by Crippen LogP contribution is 2.41. The molecule has 0 fully saturated rings. The van der Waals surface area contributed by atoms with Gasteiger partial charge >= 0.3 is 6.09 Å². The molecule has 2 atom stereocenters. The highest BCUT2D eigenvalue weighted by molar-refractivity contribution is 5.77. The van der Waals surface area contributed by atoms with Crippen LogP contribution >= 0.6 is 0 Å². The van der Waals surface area contributed by atoms with Crippen molar-refractivity contribution in [2.75, 3.05) is 14.1 Å². The Kier molecular flexibility index (Phi) is 4.60. The van der Waals surface area contributed by atoms with Gasteiger partial charge in [0, 0.05) is 20.5 Å². The molecule has 4 nitrogen and oxygen atoms in total. The maximum atomic E-state index is 13.0. The van der Waals surface area contributed by atoms with Crippen LogP contribution in [-0.2, 0) is 0 Å². The van der Waals surface area contributed by atoms with Gasteiger partial charge < -0.3 is 14.2 Å². The van der Waals surface area contributed by atoms with Crippen molar-refractivity contribution >= 4 is 18.0 Å². The molecule has 0 N–H and O–H groups in total. The van der Waals surface area contributed by atoms with Crippen molar-refractivity contribution in [1.82, 2.24) is 4.90 Å². The number of rotatable bonds is 4. The third kappa shape index (κ3) is 3.41. The summed E-state index contributed by atoms with van der Waals surface area (Å²) < 4.78 is 16.8. The topological polar surface area (TPSA) is 32.6 Å². The molecule has 1 aliphatic heterocycles. The van der Waals surface area contributed by atoms with Gasteiger partial charge in [-0.1, -0.05) is 78.4 Å². The molecule has 0 radical (unpaired) electrons. The van der Waals surface area contributed by atoms with Crippen molar-refractivity contribution in [3.63, 3.8) is 0 Å².